The molecule has 1 fully saturated rings. The Morgan fingerprint density at radius 3 is 2.43 bits per heavy atom. The molecule has 0 atom stereocenters. The van der Waals surface area contributed by atoms with E-state index in [0.717, 1.165) is 6.07 Å². The molecule has 1 aromatic carbocycles. The van der Waals surface area contributed by atoms with Crippen LogP contribution in [0.3, 0.4) is 0 Å². The Balaban J connectivity index is 2.40. The predicted molar refractivity (Wildman–Crippen MR) is 76.3 cm³/mol. The zero-order valence-corrected chi connectivity index (χ0v) is 12.5. The number of aliphatic hydroxyl groups is 1. The maximum Gasteiger partial charge on any atom is 0.418 e. The molecule has 0 saturated carbocycles. The first kappa shape index (κ1) is 16.1. The number of hydrogen-bond donors (Lipinski definition) is 1. The number of alkyl halides is 3. The van der Waals surface area contributed by atoms with Gasteiger partial charge in [-0.05, 0) is 38.6 Å². The second-order valence-corrected chi connectivity index (χ2v) is 6.16. The van der Waals surface area contributed by atoms with Crippen LogP contribution in [0, 0.1) is 0 Å². The molecule has 6 heteroatoms. The number of anilines is 1. The van der Waals surface area contributed by atoms with Gasteiger partial charge in [0, 0.05) is 30.9 Å². The summed E-state index contributed by atoms with van der Waals surface area (Å²) in [6.45, 7) is 5.46. The fraction of sp³-hybridized carbons (Fsp3) is 0.600. The summed E-state index contributed by atoms with van der Waals surface area (Å²) < 4.78 is 39.8. The SMILES string of the molecule is CN1CCN(c2ccc(CO)cc2C(F)(F)F)CC1(C)C. The van der Waals surface area contributed by atoms with E-state index >= 15 is 0 Å². The molecule has 1 aliphatic rings. The van der Waals surface area contributed by atoms with E-state index in [2.05, 4.69) is 4.90 Å². The van der Waals surface area contributed by atoms with Gasteiger partial charge in [0.25, 0.3) is 0 Å². The van der Waals surface area contributed by atoms with E-state index in [0.29, 0.717) is 19.6 Å². The topological polar surface area (TPSA) is 26.7 Å². The van der Waals surface area contributed by atoms with Crippen LogP contribution in [0.5, 0.6) is 0 Å². The van der Waals surface area contributed by atoms with Crippen LogP contribution >= 0.6 is 0 Å². The maximum atomic E-state index is 13.3. The van der Waals surface area contributed by atoms with Gasteiger partial charge in [-0.3, -0.25) is 4.90 Å². The number of likely N-dealkylation sites (N-methyl/N-ethyl adjacent to an activating group) is 1. The van der Waals surface area contributed by atoms with E-state index in [1.165, 1.54) is 6.07 Å². The van der Waals surface area contributed by atoms with Gasteiger partial charge in [-0.15, -0.1) is 0 Å². The van der Waals surface area contributed by atoms with Crippen molar-refractivity contribution in [1.82, 2.24) is 4.90 Å². The van der Waals surface area contributed by atoms with Crippen molar-refractivity contribution in [2.24, 2.45) is 0 Å². The standard InChI is InChI=1S/C15H21F3N2O/c1-14(2)10-20(7-6-19(14)3)13-5-4-11(9-21)8-12(13)15(16,17)18/h4-5,8,21H,6-7,9-10H2,1-3H3. The molecule has 1 saturated heterocycles. The average molecular weight is 302 g/mol. The van der Waals surface area contributed by atoms with Crippen molar-refractivity contribution in [1.29, 1.82) is 0 Å². The van der Waals surface area contributed by atoms with Crippen LogP contribution in [0.1, 0.15) is 25.0 Å². The monoisotopic (exact) mass is 302 g/mol. The van der Waals surface area contributed by atoms with E-state index < -0.39 is 18.3 Å². The number of benzene rings is 1. The summed E-state index contributed by atoms with van der Waals surface area (Å²) in [7, 11) is 1.98. The molecule has 0 aromatic heterocycles. The maximum absolute atomic E-state index is 13.3. The summed E-state index contributed by atoms with van der Waals surface area (Å²) in [5.74, 6) is 0. The largest absolute Gasteiger partial charge is 0.418 e. The second-order valence-electron chi connectivity index (χ2n) is 6.16. The van der Waals surface area contributed by atoms with Crippen molar-refractivity contribution in [2.75, 3.05) is 31.6 Å². The number of hydrogen-bond acceptors (Lipinski definition) is 3. The van der Waals surface area contributed by atoms with Crippen molar-refractivity contribution in [3.05, 3.63) is 29.3 Å². The van der Waals surface area contributed by atoms with Gasteiger partial charge in [0.15, 0.2) is 0 Å². The minimum Gasteiger partial charge on any atom is -0.392 e. The third-order valence-corrected chi connectivity index (χ3v) is 4.21. The number of aliphatic hydroxyl groups excluding tert-OH is 1. The third-order valence-electron chi connectivity index (χ3n) is 4.21. The normalized spacial score (nSPS) is 19.9. The van der Waals surface area contributed by atoms with Gasteiger partial charge >= 0.3 is 6.18 Å². The number of rotatable bonds is 2. The van der Waals surface area contributed by atoms with E-state index in [1.807, 2.05) is 20.9 Å². The summed E-state index contributed by atoms with van der Waals surface area (Å²) in [6, 6.07) is 4.06. The number of piperazine rings is 1. The van der Waals surface area contributed by atoms with Crippen LogP contribution in [0.4, 0.5) is 18.9 Å². The van der Waals surface area contributed by atoms with Crippen LogP contribution in [0.25, 0.3) is 0 Å². The summed E-state index contributed by atoms with van der Waals surface area (Å²) in [4.78, 5) is 3.93. The van der Waals surface area contributed by atoms with Crippen molar-refractivity contribution in [2.45, 2.75) is 32.2 Å². The first-order valence-electron chi connectivity index (χ1n) is 6.92. The lowest BCUT2D eigenvalue weighted by Gasteiger charge is -2.46. The highest BCUT2D eigenvalue weighted by Gasteiger charge is 2.38. The lowest BCUT2D eigenvalue weighted by Crippen LogP contribution is -2.58. The zero-order valence-electron chi connectivity index (χ0n) is 12.5. The van der Waals surface area contributed by atoms with E-state index in [9.17, 15) is 13.2 Å². The summed E-state index contributed by atoms with van der Waals surface area (Å²) in [5.41, 5.74) is -0.383. The Labute approximate surface area is 123 Å². The van der Waals surface area contributed by atoms with Gasteiger partial charge in [-0.25, -0.2) is 0 Å². The smallest absolute Gasteiger partial charge is 0.392 e. The van der Waals surface area contributed by atoms with Gasteiger partial charge in [-0.1, -0.05) is 6.07 Å². The molecule has 0 unspecified atom stereocenters. The van der Waals surface area contributed by atoms with Crippen LogP contribution < -0.4 is 4.90 Å². The van der Waals surface area contributed by atoms with Crippen molar-refractivity contribution in [3.8, 4) is 0 Å². The highest BCUT2D eigenvalue weighted by molar-refractivity contribution is 5.57. The molecule has 2 rings (SSSR count). The minimum absolute atomic E-state index is 0.184. The van der Waals surface area contributed by atoms with Gasteiger partial charge < -0.3 is 10.0 Å². The summed E-state index contributed by atoms with van der Waals surface area (Å²) in [6.07, 6.45) is -4.42. The molecular weight excluding hydrogens is 281 g/mol. The molecule has 1 aliphatic heterocycles. The molecule has 3 nitrogen and oxygen atoms in total. The fourth-order valence-corrected chi connectivity index (χ4v) is 2.63. The van der Waals surface area contributed by atoms with E-state index in [-0.39, 0.29) is 16.8 Å². The molecule has 1 N–H and O–H groups in total. The molecule has 0 amide bonds. The van der Waals surface area contributed by atoms with Crippen LogP contribution in [0.15, 0.2) is 18.2 Å². The van der Waals surface area contributed by atoms with Gasteiger partial charge in [0.2, 0.25) is 0 Å². The van der Waals surface area contributed by atoms with Crippen molar-refractivity contribution < 1.29 is 18.3 Å². The Morgan fingerprint density at radius 1 is 1.24 bits per heavy atom. The van der Waals surface area contributed by atoms with E-state index in [4.69, 9.17) is 5.11 Å². The summed E-state index contributed by atoms with van der Waals surface area (Å²) in [5, 5.41) is 9.06. The number of nitrogens with zero attached hydrogens (tertiary/aromatic N) is 2. The van der Waals surface area contributed by atoms with Crippen LogP contribution in [0.2, 0.25) is 0 Å². The van der Waals surface area contributed by atoms with Gasteiger partial charge in [-0.2, -0.15) is 13.2 Å². The first-order valence-corrected chi connectivity index (χ1v) is 6.92. The van der Waals surface area contributed by atoms with Crippen molar-refractivity contribution in [3.63, 3.8) is 0 Å². The second kappa shape index (κ2) is 5.50. The number of halogens is 3. The van der Waals surface area contributed by atoms with Gasteiger partial charge in [0.05, 0.1) is 12.2 Å². The quantitative estimate of drug-likeness (QED) is 0.910. The highest BCUT2D eigenvalue weighted by Crippen LogP contribution is 2.38. The van der Waals surface area contributed by atoms with Crippen LogP contribution in [-0.4, -0.2) is 42.2 Å². The molecule has 0 radical (unpaired) electrons. The highest BCUT2D eigenvalue weighted by atomic mass is 19.4. The molecule has 1 heterocycles. The molecule has 0 spiro atoms. The molecule has 21 heavy (non-hydrogen) atoms. The zero-order chi connectivity index (χ0) is 15.8. The fourth-order valence-electron chi connectivity index (χ4n) is 2.63. The minimum atomic E-state index is -4.42. The van der Waals surface area contributed by atoms with Crippen LogP contribution in [-0.2, 0) is 12.8 Å². The third kappa shape index (κ3) is 3.32. The van der Waals surface area contributed by atoms with Gasteiger partial charge in [0.1, 0.15) is 0 Å². The molecular formula is C15H21F3N2O. The lowest BCUT2D eigenvalue weighted by molar-refractivity contribution is -0.137. The Bertz CT molecular complexity index is 514. The molecule has 1 aromatic rings. The Kier molecular flexibility index (Phi) is 4.22. The molecule has 118 valence electrons. The Morgan fingerprint density at radius 2 is 1.90 bits per heavy atom. The Hall–Kier alpha value is -1.27. The van der Waals surface area contributed by atoms with E-state index in [1.54, 1.807) is 11.0 Å². The summed E-state index contributed by atoms with van der Waals surface area (Å²) >= 11 is 0. The average Bonchev–Trinajstić information content (AvgIpc) is 2.40. The lowest BCUT2D eigenvalue weighted by atomic mass is 9.98. The van der Waals surface area contributed by atoms with Crippen molar-refractivity contribution >= 4 is 5.69 Å². The molecule has 0 aliphatic carbocycles. The molecule has 0 bridgehead atoms. The predicted octanol–water partition coefficient (Wildman–Crippen LogP) is 2.73. The first-order chi connectivity index (χ1) is 9.65.